The van der Waals surface area contributed by atoms with Crippen molar-refractivity contribution in [3.63, 3.8) is 0 Å². The van der Waals surface area contributed by atoms with Crippen LogP contribution in [0.2, 0.25) is 0 Å². The van der Waals surface area contributed by atoms with Crippen molar-refractivity contribution in [3.8, 4) is 0 Å². The smallest absolute Gasteiger partial charge is 0.341 e. The largest absolute Gasteiger partial charge is 0.462 e. The highest BCUT2D eigenvalue weighted by atomic mass is 16.5. The minimum absolute atomic E-state index is 0.349. The molecule has 0 atom stereocenters. The summed E-state index contributed by atoms with van der Waals surface area (Å²) in [7, 11) is 0. The van der Waals surface area contributed by atoms with E-state index in [1.807, 2.05) is 0 Å². The standard InChI is InChI=1S/C11H14N2O2/c1-2-15-11(14)9-6-12-10(13-7-9)8-4-3-5-8/h6-8H,2-5H2,1H3. The molecule has 0 saturated heterocycles. The molecule has 1 aliphatic rings. The van der Waals surface area contributed by atoms with Crippen LogP contribution in [0.5, 0.6) is 0 Å². The highest BCUT2D eigenvalue weighted by molar-refractivity contribution is 5.88. The van der Waals surface area contributed by atoms with Gasteiger partial charge in [-0.05, 0) is 19.8 Å². The molecule has 0 amide bonds. The van der Waals surface area contributed by atoms with Crippen LogP contribution < -0.4 is 0 Å². The van der Waals surface area contributed by atoms with Gasteiger partial charge in [0.1, 0.15) is 5.82 Å². The van der Waals surface area contributed by atoms with Crippen LogP contribution in [-0.2, 0) is 4.74 Å². The summed E-state index contributed by atoms with van der Waals surface area (Å²) in [5.41, 5.74) is 0.430. The van der Waals surface area contributed by atoms with Gasteiger partial charge in [-0.15, -0.1) is 0 Å². The Morgan fingerprint density at radius 2 is 2.13 bits per heavy atom. The summed E-state index contributed by atoms with van der Waals surface area (Å²) in [5, 5.41) is 0. The van der Waals surface area contributed by atoms with Gasteiger partial charge in [-0.2, -0.15) is 0 Å². The monoisotopic (exact) mass is 206 g/mol. The molecular weight excluding hydrogens is 192 g/mol. The number of esters is 1. The molecule has 1 aromatic rings. The van der Waals surface area contributed by atoms with Crippen molar-refractivity contribution in [3.05, 3.63) is 23.8 Å². The molecule has 80 valence electrons. The van der Waals surface area contributed by atoms with E-state index in [2.05, 4.69) is 9.97 Å². The van der Waals surface area contributed by atoms with Gasteiger partial charge in [-0.1, -0.05) is 6.42 Å². The Morgan fingerprint density at radius 3 is 2.60 bits per heavy atom. The van der Waals surface area contributed by atoms with Crippen LogP contribution in [0.4, 0.5) is 0 Å². The zero-order valence-electron chi connectivity index (χ0n) is 8.77. The second kappa shape index (κ2) is 4.38. The van der Waals surface area contributed by atoms with Crippen molar-refractivity contribution in [1.82, 2.24) is 9.97 Å². The fraction of sp³-hybridized carbons (Fsp3) is 0.545. The van der Waals surface area contributed by atoms with Crippen LogP contribution in [0.3, 0.4) is 0 Å². The van der Waals surface area contributed by atoms with Gasteiger partial charge in [0.05, 0.1) is 12.2 Å². The minimum atomic E-state index is -0.349. The minimum Gasteiger partial charge on any atom is -0.462 e. The lowest BCUT2D eigenvalue weighted by atomic mass is 9.85. The van der Waals surface area contributed by atoms with E-state index < -0.39 is 0 Å². The number of ether oxygens (including phenoxy) is 1. The summed E-state index contributed by atoms with van der Waals surface area (Å²) in [5.74, 6) is 1.01. The molecule has 4 nitrogen and oxygen atoms in total. The van der Waals surface area contributed by atoms with Crippen LogP contribution in [0, 0.1) is 0 Å². The predicted molar refractivity (Wildman–Crippen MR) is 54.6 cm³/mol. The van der Waals surface area contributed by atoms with Crippen LogP contribution >= 0.6 is 0 Å². The van der Waals surface area contributed by atoms with Crippen LogP contribution in [-0.4, -0.2) is 22.5 Å². The molecule has 0 unspecified atom stereocenters. The molecular formula is C11H14N2O2. The van der Waals surface area contributed by atoms with Gasteiger partial charge in [0.15, 0.2) is 0 Å². The Balaban J connectivity index is 2.06. The molecule has 4 heteroatoms. The second-order valence-electron chi connectivity index (χ2n) is 3.68. The fourth-order valence-corrected chi connectivity index (χ4v) is 1.54. The maximum atomic E-state index is 11.3. The first-order chi connectivity index (χ1) is 7.31. The lowest BCUT2D eigenvalue weighted by Gasteiger charge is -2.23. The van der Waals surface area contributed by atoms with E-state index in [0.29, 0.717) is 18.1 Å². The van der Waals surface area contributed by atoms with E-state index in [0.717, 1.165) is 5.82 Å². The SMILES string of the molecule is CCOC(=O)c1cnc(C2CCC2)nc1. The third kappa shape index (κ3) is 2.14. The first-order valence-corrected chi connectivity index (χ1v) is 5.30. The summed E-state index contributed by atoms with van der Waals surface area (Å²) in [4.78, 5) is 19.7. The number of carbonyl (C=O) groups excluding carboxylic acids is 1. The maximum Gasteiger partial charge on any atom is 0.341 e. The third-order valence-electron chi connectivity index (χ3n) is 2.65. The number of hydrogen-bond donors (Lipinski definition) is 0. The van der Waals surface area contributed by atoms with Gasteiger partial charge in [-0.3, -0.25) is 0 Å². The quantitative estimate of drug-likeness (QED) is 0.709. The van der Waals surface area contributed by atoms with Gasteiger partial charge in [0, 0.05) is 18.3 Å². The highest BCUT2D eigenvalue weighted by Crippen LogP contribution is 2.33. The molecule has 1 saturated carbocycles. The topological polar surface area (TPSA) is 52.1 Å². The average Bonchev–Trinajstić information content (AvgIpc) is 2.16. The number of hydrogen-bond acceptors (Lipinski definition) is 4. The molecule has 0 N–H and O–H groups in total. The molecule has 1 aromatic heterocycles. The van der Waals surface area contributed by atoms with Crippen molar-refractivity contribution in [2.45, 2.75) is 32.1 Å². The van der Waals surface area contributed by atoms with E-state index in [1.165, 1.54) is 19.3 Å². The van der Waals surface area contributed by atoms with Gasteiger partial charge in [-0.25, -0.2) is 14.8 Å². The van der Waals surface area contributed by atoms with Gasteiger partial charge >= 0.3 is 5.97 Å². The summed E-state index contributed by atoms with van der Waals surface area (Å²) in [6.45, 7) is 2.16. The first-order valence-electron chi connectivity index (χ1n) is 5.30. The van der Waals surface area contributed by atoms with Gasteiger partial charge in [0.25, 0.3) is 0 Å². The Kier molecular flexibility index (Phi) is 2.94. The van der Waals surface area contributed by atoms with Crippen molar-refractivity contribution < 1.29 is 9.53 Å². The summed E-state index contributed by atoms with van der Waals surface area (Å²) in [6, 6.07) is 0. The molecule has 0 aliphatic heterocycles. The summed E-state index contributed by atoms with van der Waals surface area (Å²) >= 11 is 0. The molecule has 2 rings (SSSR count). The van der Waals surface area contributed by atoms with Crippen molar-refractivity contribution >= 4 is 5.97 Å². The fourth-order valence-electron chi connectivity index (χ4n) is 1.54. The van der Waals surface area contributed by atoms with Crippen LogP contribution in [0.25, 0.3) is 0 Å². The van der Waals surface area contributed by atoms with Crippen LogP contribution in [0.15, 0.2) is 12.4 Å². The second-order valence-corrected chi connectivity index (χ2v) is 3.68. The molecule has 0 spiro atoms. The normalized spacial score (nSPS) is 15.8. The summed E-state index contributed by atoms with van der Waals surface area (Å²) < 4.78 is 4.85. The number of nitrogens with zero attached hydrogens (tertiary/aromatic N) is 2. The predicted octanol–water partition coefficient (Wildman–Crippen LogP) is 1.92. The van der Waals surface area contributed by atoms with Gasteiger partial charge in [0.2, 0.25) is 0 Å². The number of rotatable bonds is 3. The zero-order chi connectivity index (χ0) is 10.7. The highest BCUT2D eigenvalue weighted by Gasteiger charge is 2.22. The molecule has 15 heavy (non-hydrogen) atoms. The molecule has 0 bridgehead atoms. The molecule has 1 fully saturated rings. The van der Waals surface area contributed by atoms with E-state index in [9.17, 15) is 4.79 Å². The Hall–Kier alpha value is -1.45. The maximum absolute atomic E-state index is 11.3. The first kappa shape index (κ1) is 10.1. The van der Waals surface area contributed by atoms with Crippen molar-refractivity contribution in [2.75, 3.05) is 6.61 Å². The zero-order valence-corrected chi connectivity index (χ0v) is 8.77. The Bertz CT molecular complexity index is 344. The average molecular weight is 206 g/mol. The third-order valence-corrected chi connectivity index (χ3v) is 2.65. The number of aromatic nitrogens is 2. The molecule has 0 radical (unpaired) electrons. The van der Waals surface area contributed by atoms with E-state index in [-0.39, 0.29) is 5.97 Å². The lowest BCUT2D eigenvalue weighted by Crippen LogP contribution is -2.14. The lowest BCUT2D eigenvalue weighted by molar-refractivity contribution is 0.0525. The Labute approximate surface area is 88.7 Å². The molecule has 0 aromatic carbocycles. The molecule has 1 heterocycles. The van der Waals surface area contributed by atoms with E-state index in [1.54, 1.807) is 19.3 Å². The van der Waals surface area contributed by atoms with Crippen LogP contribution in [0.1, 0.15) is 48.3 Å². The summed E-state index contributed by atoms with van der Waals surface area (Å²) in [6.07, 6.45) is 6.70. The Morgan fingerprint density at radius 1 is 1.47 bits per heavy atom. The van der Waals surface area contributed by atoms with Gasteiger partial charge < -0.3 is 4.74 Å². The van der Waals surface area contributed by atoms with Crippen molar-refractivity contribution in [1.29, 1.82) is 0 Å². The number of carbonyl (C=O) groups is 1. The molecule has 1 aliphatic carbocycles. The van der Waals surface area contributed by atoms with E-state index in [4.69, 9.17) is 4.74 Å². The van der Waals surface area contributed by atoms with E-state index >= 15 is 0 Å². The van der Waals surface area contributed by atoms with Crippen molar-refractivity contribution in [2.24, 2.45) is 0 Å².